The fourth-order valence-corrected chi connectivity index (χ4v) is 0.845. The average Bonchev–Trinajstić information content (AvgIpc) is 2.10. The maximum atomic E-state index is 12.6. The quantitative estimate of drug-likeness (QED) is 0.746. The molecule has 0 saturated carbocycles. The summed E-state index contributed by atoms with van der Waals surface area (Å²) in [6, 6.07) is 0. The van der Waals surface area contributed by atoms with Gasteiger partial charge >= 0.3 is 6.18 Å². The van der Waals surface area contributed by atoms with Gasteiger partial charge in [-0.2, -0.15) is 13.2 Å². The molecule has 15 heavy (non-hydrogen) atoms. The zero-order valence-electron chi connectivity index (χ0n) is 9.48. The van der Waals surface area contributed by atoms with Gasteiger partial charge in [0.15, 0.2) is 0 Å². The molecule has 0 saturated heterocycles. The molecule has 0 fully saturated rings. The highest BCUT2D eigenvalue weighted by Crippen LogP contribution is 2.31. The van der Waals surface area contributed by atoms with Crippen molar-refractivity contribution in [3.63, 3.8) is 0 Å². The fourth-order valence-electron chi connectivity index (χ4n) is 0.845. The highest BCUT2D eigenvalue weighted by atomic mass is 19.4. The maximum Gasteiger partial charge on any atom is 0.450 e. The third kappa shape index (κ3) is 4.44. The summed E-state index contributed by atoms with van der Waals surface area (Å²) in [6.07, 6.45) is -4.50. The van der Waals surface area contributed by atoms with Crippen LogP contribution in [-0.2, 0) is 4.74 Å². The van der Waals surface area contributed by atoms with Crippen molar-refractivity contribution < 1.29 is 17.9 Å². The minimum Gasteiger partial charge on any atom is -0.485 e. The Morgan fingerprint density at radius 3 is 2.00 bits per heavy atom. The van der Waals surface area contributed by atoms with E-state index in [9.17, 15) is 13.2 Å². The van der Waals surface area contributed by atoms with Crippen molar-refractivity contribution in [1.82, 2.24) is 0 Å². The summed E-state index contributed by atoms with van der Waals surface area (Å²) in [4.78, 5) is 0. The first-order valence-corrected chi connectivity index (χ1v) is 4.93. The first-order valence-electron chi connectivity index (χ1n) is 4.93. The highest BCUT2D eigenvalue weighted by Gasteiger charge is 2.39. The monoisotopic (exact) mass is 225 g/mol. The van der Waals surface area contributed by atoms with Gasteiger partial charge in [0.05, 0.1) is 11.8 Å². The summed E-state index contributed by atoms with van der Waals surface area (Å²) in [5, 5.41) is 0. The Kier molecular flexibility index (Phi) is 4.97. The molecule has 0 aliphatic carbocycles. The number of allylic oxidation sites excluding steroid dienone is 2. The predicted octanol–water partition coefficient (Wildman–Crippen LogP) is 3.19. The Bertz CT molecular complexity index is 233. The van der Waals surface area contributed by atoms with Crippen LogP contribution in [0.3, 0.4) is 0 Å². The minimum atomic E-state index is -4.52. The number of alkyl halides is 3. The van der Waals surface area contributed by atoms with E-state index in [1.54, 1.807) is 27.7 Å². The molecule has 5 heteroatoms. The topological polar surface area (TPSA) is 35.2 Å². The molecule has 0 aliphatic heterocycles. The van der Waals surface area contributed by atoms with Crippen LogP contribution in [-0.4, -0.2) is 12.3 Å². The number of rotatable bonds is 4. The summed E-state index contributed by atoms with van der Waals surface area (Å²) < 4.78 is 42.5. The lowest BCUT2D eigenvalue weighted by molar-refractivity contribution is -0.140. The number of hydrogen-bond acceptors (Lipinski definition) is 2. The van der Waals surface area contributed by atoms with Crippen LogP contribution in [0.15, 0.2) is 11.5 Å². The fraction of sp³-hybridized carbons (Fsp3) is 0.800. The SMILES string of the molecule is CCC(C)O/C(=C(\N)C(C)C)C(F)(F)F. The van der Waals surface area contributed by atoms with Crippen molar-refractivity contribution in [2.24, 2.45) is 11.7 Å². The van der Waals surface area contributed by atoms with Crippen LogP contribution < -0.4 is 5.73 Å². The molecule has 0 aromatic rings. The first kappa shape index (κ1) is 14.1. The van der Waals surface area contributed by atoms with Crippen LogP contribution in [0.1, 0.15) is 34.1 Å². The molecule has 0 aromatic carbocycles. The van der Waals surface area contributed by atoms with E-state index in [2.05, 4.69) is 0 Å². The van der Waals surface area contributed by atoms with E-state index in [0.717, 1.165) is 0 Å². The van der Waals surface area contributed by atoms with Crippen molar-refractivity contribution in [2.45, 2.75) is 46.4 Å². The zero-order valence-corrected chi connectivity index (χ0v) is 9.48. The van der Waals surface area contributed by atoms with Crippen molar-refractivity contribution >= 4 is 0 Å². The second-order valence-electron chi connectivity index (χ2n) is 3.77. The molecular weight excluding hydrogens is 207 g/mol. The number of hydrogen-bond donors (Lipinski definition) is 1. The van der Waals surface area contributed by atoms with E-state index in [1.165, 1.54) is 0 Å². The molecule has 0 aromatic heterocycles. The van der Waals surface area contributed by atoms with Gasteiger partial charge in [-0.15, -0.1) is 0 Å². The van der Waals surface area contributed by atoms with Crippen LogP contribution in [0.2, 0.25) is 0 Å². The molecule has 1 atom stereocenters. The normalized spacial score (nSPS) is 16.3. The number of nitrogens with two attached hydrogens (primary N) is 1. The van der Waals surface area contributed by atoms with Crippen LogP contribution in [0.5, 0.6) is 0 Å². The van der Waals surface area contributed by atoms with Crippen molar-refractivity contribution in [3.05, 3.63) is 11.5 Å². The third-order valence-corrected chi connectivity index (χ3v) is 2.04. The van der Waals surface area contributed by atoms with E-state index >= 15 is 0 Å². The molecule has 0 rings (SSSR count). The Morgan fingerprint density at radius 2 is 1.73 bits per heavy atom. The lowest BCUT2D eigenvalue weighted by atomic mass is 10.1. The molecule has 0 amide bonds. The minimum absolute atomic E-state index is 0.247. The molecular formula is C10H18F3NO. The Hall–Kier alpha value is -0.870. The summed E-state index contributed by atoms with van der Waals surface area (Å²) in [6.45, 7) is 6.53. The van der Waals surface area contributed by atoms with Gasteiger partial charge in [-0.25, -0.2) is 0 Å². The summed E-state index contributed by atoms with van der Waals surface area (Å²) in [5.74, 6) is -1.43. The number of ether oxygens (including phenoxy) is 1. The third-order valence-electron chi connectivity index (χ3n) is 2.04. The molecule has 0 bridgehead atoms. The smallest absolute Gasteiger partial charge is 0.450 e. The molecule has 0 radical (unpaired) electrons. The highest BCUT2D eigenvalue weighted by molar-refractivity contribution is 5.12. The molecule has 0 spiro atoms. The predicted molar refractivity (Wildman–Crippen MR) is 52.9 cm³/mol. The summed E-state index contributed by atoms with van der Waals surface area (Å²) >= 11 is 0. The van der Waals surface area contributed by atoms with Crippen LogP contribution in [0, 0.1) is 5.92 Å². The van der Waals surface area contributed by atoms with Gasteiger partial charge in [-0.05, 0) is 19.3 Å². The van der Waals surface area contributed by atoms with E-state index in [0.29, 0.717) is 6.42 Å². The van der Waals surface area contributed by atoms with Gasteiger partial charge in [0.1, 0.15) is 0 Å². The summed E-state index contributed by atoms with van der Waals surface area (Å²) in [5.41, 5.74) is 5.14. The van der Waals surface area contributed by atoms with E-state index < -0.39 is 18.0 Å². The summed E-state index contributed by atoms with van der Waals surface area (Å²) in [7, 11) is 0. The Morgan fingerprint density at radius 1 is 1.27 bits per heavy atom. The lowest BCUT2D eigenvalue weighted by Gasteiger charge is -2.21. The Balaban J connectivity index is 4.99. The molecule has 1 unspecified atom stereocenters. The molecule has 90 valence electrons. The van der Waals surface area contributed by atoms with Crippen LogP contribution in [0.4, 0.5) is 13.2 Å². The molecule has 2 nitrogen and oxygen atoms in total. The molecule has 2 N–H and O–H groups in total. The van der Waals surface area contributed by atoms with Gasteiger partial charge in [0, 0.05) is 0 Å². The van der Waals surface area contributed by atoms with Crippen molar-refractivity contribution in [1.29, 1.82) is 0 Å². The first-order chi connectivity index (χ1) is 6.70. The van der Waals surface area contributed by atoms with Crippen molar-refractivity contribution in [3.8, 4) is 0 Å². The molecule has 0 heterocycles. The van der Waals surface area contributed by atoms with Gasteiger partial charge in [-0.3, -0.25) is 0 Å². The Labute approximate surface area is 88.3 Å². The van der Waals surface area contributed by atoms with E-state index in [1.807, 2.05) is 0 Å². The second-order valence-corrected chi connectivity index (χ2v) is 3.77. The number of halogens is 3. The van der Waals surface area contributed by atoms with Crippen LogP contribution >= 0.6 is 0 Å². The van der Waals surface area contributed by atoms with Gasteiger partial charge in [0.2, 0.25) is 5.76 Å². The van der Waals surface area contributed by atoms with E-state index in [4.69, 9.17) is 10.5 Å². The second kappa shape index (κ2) is 5.28. The average molecular weight is 225 g/mol. The van der Waals surface area contributed by atoms with Gasteiger partial charge in [0.25, 0.3) is 0 Å². The van der Waals surface area contributed by atoms with Gasteiger partial charge in [-0.1, -0.05) is 20.8 Å². The largest absolute Gasteiger partial charge is 0.485 e. The zero-order chi connectivity index (χ0) is 12.2. The molecule has 0 aliphatic rings. The lowest BCUT2D eigenvalue weighted by Crippen LogP contribution is -2.25. The van der Waals surface area contributed by atoms with E-state index in [-0.39, 0.29) is 11.6 Å². The van der Waals surface area contributed by atoms with Crippen LogP contribution in [0.25, 0.3) is 0 Å². The van der Waals surface area contributed by atoms with Gasteiger partial charge < -0.3 is 10.5 Å². The van der Waals surface area contributed by atoms with Crippen molar-refractivity contribution in [2.75, 3.05) is 0 Å². The standard InChI is InChI=1S/C10H18F3NO/c1-5-7(4)15-9(10(11,12)13)8(14)6(2)3/h6-7H,5,14H2,1-4H3/b9-8-. The maximum absolute atomic E-state index is 12.6.